The molecule has 3 fully saturated rings. The fourth-order valence-electron chi connectivity index (χ4n) is 7.51. The molecule has 0 unspecified atom stereocenters. The van der Waals surface area contributed by atoms with Crippen molar-refractivity contribution in [1.29, 1.82) is 0 Å². The molecule has 4 aliphatic rings. The number of nitrogens with one attached hydrogen (secondary N) is 1. The normalized spacial score (nSPS) is 35.9. The maximum absolute atomic E-state index is 13.5. The maximum atomic E-state index is 13.5. The van der Waals surface area contributed by atoms with Crippen LogP contribution in [0.2, 0.25) is 0 Å². The molecule has 0 aromatic heterocycles. The first kappa shape index (κ1) is 22.5. The van der Waals surface area contributed by atoms with Gasteiger partial charge in [-0.15, -0.1) is 0 Å². The van der Waals surface area contributed by atoms with E-state index in [1.54, 1.807) is 11.0 Å². The van der Waals surface area contributed by atoms with Crippen molar-refractivity contribution in [3.8, 4) is 0 Å². The zero-order valence-electron chi connectivity index (χ0n) is 19.2. The summed E-state index contributed by atoms with van der Waals surface area (Å²) in [6.07, 6.45) is 3.92. The standard InChI is InChI=1S/C26H31F3N2O2/c1-24-11-5-7-18(24)17-15-31(22-14-16(32)9-13-25(22,2)19(17)10-12-24)23(33)30-21-8-4-3-6-20(21)26(27,28)29/h3-4,6,8,14,17-19H,5,7,9-13,15H2,1-2H3,(H,30,33)/t17-,18-,19-,24-,25+/m0/s1. The number of benzene rings is 1. The van der Waals surface area contributed by atoms with Crippen LogP contribution in [0.25, 0.3) is 0 Å². The maximum Gasteiger partial charge on any atom is 0.418 e. The Balaban J connectivity index is 1.51. The van der Waals surface area contributed by atoms with Gasteiger partial charge in [-0.3, -0.25) is 9.69 Å². The number of para-hydroxylation sites is 1. The Morgan fingerprint density at radius 1 is 1.09 bits per heavy atom. The van der Waals surface area contributed by atoms with Crippen LogP contribution < -0.4 is 5.32 Å². The van der Waals surface area contributed by atoms with E-state index >= 15 is 0 Å². The molecule has 1 aromatic carbocycles. The molecule has 4 nitrogen and oxygen atoms in total. The Hall–Kier alpha value is -2.31. The predicted octanol–water partition coefficient (Wildman–Crippen LogP) is 6.64. The number of anilines is 1. The number of urea groups is 1. The van der Waals surface area contributed by atoms with E-state index in [9.17, 15) is 22.8 Å². The van der Waals surface area contributed by atoms with Crippen LogP contribution in [-0.4, -0.2) is 23.3 Å². The molecule has 1 saturated heterocycles. The second-order valence-electron chi connectivity index (χ2n) is 11.0. The molecule has 5 rings (SSSR count). The number of rotatable bonds is 1. The smallest absolute Gasteiger partial charge is 0.307 e. The second-order valence-corrected chi connectivity index (χ2v) is 11.0. The summed E-state index contributed by atoms with van der Waals surface area (Å²) in [5, 5.41) is 2.53. The number of allylic oxidation sites excluding steroid dienone is 2. The number of carbonyl (C=O) groups excluding carboxylic acids is 2. The molecular formula is C26H31F3N2O2. The van der Waals surface area contributed by atoms with E-state index in [0.29, 0.717) is 42.8 Å². The summed E-state index contributed by atoms with van der Waals surface area (Å²) in [6, 6.07) is 4.46. The molecule has 0 spiro atoms. The SMILES string of the molecule is C[C@@]12CCC[C@H]1[C@@H]1CN(C(=O)Nc3ccccc3C(F)(F)F)C3=CC(=O)CC[C@]3(C)[C@H]1CC2. The molecule has 178 valence electrons. The van der Waals surface area contributed by atoms with Gasteiger partial charge < -0.3 is 5.32 Å². The van der Waals surface area contributed by atoms with Crippen molar-refractivity contribution in [2.75, 3.05) is 11.9 Å². The molecular weight excluding hydrogens is 429 g/mol. The van der Waals surface area contributed by atoms with Crippen molar-refractivity contribution in [3.63, 3.8) is 0 Å². The van der Waals surface area contributed by atoms with E-state index in [1.165, 1.54) is 37.5 Å². The Kier molecular flexibility index (Phi) is 5.18. The van der Waals surface area contributed by atoms with Gasteiger partial charge in [-0.2, -0.15) is 13.2 Å². The number of piperidine rings is 1. The highest BCUT2D eigenvalue weighted by Crippen LogP contribution is 2.64. The molecule has 2 amide bonds. The van der Waals surface area contributed by atoms with Crippen LogP contribution in [0.4, 0.5) is 23.7 Å². The van der Waals surface area contributed by atoms with Crippen molar-refractivity contribution < 1.29 is 22.8 Å². The first-order valence-corrected chi connectivity index (χ1v) is 12.0. The third-order valence-electron chi connectivity index (χ3n) is 9.21. The number of nitrogens with zero attached hydrogens (tertiary/aromatic N) is 1. The van der Waals surface area contributed by atoms with Gasteiger partial charge in [0.05, 0.1) is 11.3 Å². The van der Waals surface area contributed by atoms with Crippen molar-refractivity contribution >= 4 is 17.5 Å². The Bertz CT molecular complexity index is 1020. The average Bonchev–Trinajstić information content (AvgIpc) is 3.15. The number of fused-ring (bicyclic) bond motifs is 5. The van der Waals surface area contributed by atoms with E-state index < -0.39 is 17.8 Å². The molecule has 1 heterocycles. The van der Waals surface area contributed by atoms with Crippen LogP contribution in [0.5, 0.6) is 0 Å². The van der Waals surface area contributed by atoms with Crippen molar-refractivity contribution in [1.82, 2.24) is 4.90 Å². The number of hydrogen-bond donors (Lipinski definition) is 1. The predicted molar refractivity (Wildman–Crippen MR) is 119 cm³/mol. The Morgan fingerprint density at radius 2 is 1.85 bits per heavy atom. The highest BCUT2D eigenvalue weighted by Gasteiger charge is 2.58. The van der Waals surface area contributed by atoms with Gasteiger partial charge in [0.15, 0.2) is 5.78 Å². The van der Waals surface area contributed by atoms with E-state index in [4.69, 9.17) is 0 Å². The van der Waals surface area contributed by atoms with Gasteiger partial charge in [0.2, 0.25) is 0 Å². The second kappa shape index (κ2) is 7.60. The zero-order valence-corrected chi connectivity index (χ0v) is 19.2. The lowest BCUT2D eigenvalue weighted by atomic mass is 9.50. The molecule has 0 bridgehead atoms. The number of amides is 2. The molecule has 0 radical (unpaired) electrons. The van der Waals surface area contributed by atoms with Crippen LogP contribution >= 0.6 is 0 Å². The van der Waals surface area contributed by atoms with E-state index in [1.807, 2.05) is 0 Å². The third kappa shape index (κ3) is 3.58. The summed E-state index contributed by atoms with van der Waals surface area (Å²) in [7, 11) is 0. The number of likely N-dealkylation sites (tertiary alicyclic amines) is 1. The topological polar surface area (TPSA) is 49.4 Å². The summed E-state index contributed by atoms with van der Waals surface area (Å²) < 4.78 is 40.5. The van der Waals surface area contributed by atoms with E-state index in [2.05, 4.69) is 19.2 Å². The summed E-state index contributed by atoms with van der Waals surface area (Å²) in [6.45, 7) is 4.98. The lowest BCUT2D eigenvalue weighted by molar-refractivity contribution is -0.136. The summed E-state index contributed by atoms with van der Waals surface area (Å²) >= 11 is 0. The van der Waals surface area contributed by atoms with Crippen molar-refractivity contribution in [2.45, 2.75) is 65.0 Å². The minimum atomic E-state index is -4.57. The number of ketones is 1. The fourth-order valence-corrected chi connectivity index (χ4v) is 7.51. The fraction of sp³-hybridized carbons (Fsp3) is 0.615. The van der Waals surface area contributed by atoms with Gasteiger partial charge in [0.25, 0.3) is 0 Å². The quantitative estimate of drug-likeness (QED) is 0.511. The number of alkyl halides is 3. The molecule has 3 aliphatic carbocycles. The van der Waals surface area contributed by atoms with Gasteiger partial charge in [-0.05, 0) is 67.4 Å². The highest BCUT2D eigenvalue weighted by atomic mass is 19.4. The summed E-state index contributed by atoms with van der Waals surface area (Å²) in [4.78, 5) is 27.5. The average molecular weight is 461 g/mol. The molecule has 2 saturated carbocycles. The van der Waals surface area contributed by atoms with Gasteiger partial charge in [0, 0.05) is 30.2 Å². The lowest BCUT2D eigenvalue weighted by Gasteiger charge is -2.59. The molecule has 1 aliphatic heterocycles. The van der Waals surface area contributed by atoms with Gasteiger partial charge in [-0.25, -0.2) is 4.79 Å². The van der Waals surface area contributed by atoms with Crippen molar-refractivity contribution in [3.05, 3.63) is 41.6 Å². The highest BCUT2D eigenvalue weighted by molar-refractivity contribution is 5.95. The van der Waals surface area contributed by atoms with Crippen LogP contribution in [0, 0.1) is 28.6 Å². The molecule has 7 heteroatoms. The zero-order chi connectivity index (χ0) is 23.6. The summed E-state index contributed by atoms with van der Waals surface area (Å²) in [5.41, 5.74) is -0.485. The Labute approximate surface area is 192 Å². The van der Waals surface area contributed by atoms with Crippen molar-refractivity contribution in [2.24, 2.45) is 28.6 Å². The summed E-state index contributed by atoms with van der Waals surface area (Å²) in [5.74, 6) is 1.17. The minimum Gasteiger partial charge on any atom is -0.307 e. The number of hydrogen-bond acceptors (Lipinski definition) is 2. The molecule has 1 N–H and O–H groups in total. The minimum absolute atomic E-state index is 0.0177. The van der Waals surface area contributed by atoms with Gasteiger partial charge >= 0.3 is 12.2 Å². The Morgan fingerprint density at radius 3 is 2.61 bits per heavy atom. The number of carbonyl (C=O) groups is 2. The van der Waals surface area contributed by atoms with Crippen LogP contribution in [0.3, 0.4) is 0 Å². The number of halogens is 3. The first-order valence-electron chi connectivity index (χ1n) is 12.0. The van der Waals surface area contributed by atoms with E-state index in [-0.39, 0.29) is 22.3 Å². The van der Waals surface area contributed by atoms with Crippen LogP contribution in [0.1, 0.15) is 64.4 Å². The first-order chi connectivity index (χ1) is 15.5. The van der Waals surface area contributed by atoms with Gasteiger partial charge in [0.1, 0.15) is 0 Å². The van der Waals surface area contributed by atoms with Crippen LogP contribution in [0.15, 0.2) is 36.0 Å². The van der Waals surface area contributed by atoms with E-state index in [0.717, 1.165) is 18.9 Å². The molecule has 5 atom stereocenters. The van der Waals surface area contributed by atoms with Gasteiger partial charge in [-0.1, -0.05) is 32.4 Å². The largest absolute Gasteiger partial charge is 0.418 e. The molecule has 1 aromatic rings. The lowest BCUT2D eigenvalue weighted by Crippen LogP contribution is -2.59. The third-order valence-corrected chi connectivity index (χ3v) is 9.21. The monoisotopic (exact) mass is 460 g/mol. The van der Waals surface area contributed by atoms with Crippen LogP contribution in [-0.2, 0) is 11.0 Å². The molecule has 33 heavy (non-hydrogen) atoms.